The lowest BCUT2D eigenvalue weighted by molar-refractivity contribution is -0.161. The first-order valence-electron chi connectivity index (χ1n) is 7.71. The Morgan fingerprint density at radius 1 is 1.21 bits per heavy atom. The molecule has 2 fully saturated rings. The van der Waals surface area contributed by atoms with Gasteiger partial charge < -0.3 is 42.6 Å². The Balaban J connectivity index is 0.00000243. The number of aromatic hydroxyl groups is 1. The molecule has 11 nitrogen and oxygen atoms in total. The topological polar surface area (TPSA) is 227 Å². The van der Waals surface area contributed by atoms with Crippen LogP contribution in [0.4, 0.5) is 0 Å². The fraction of sp³-hybridized carbons (Fsp3) is 0.438. The van der Waals surface area contributed by atoms with E-state index in [-0.39, 0.29) is 22.2 Å². The molecule has 0 bridgehead atoms. The molecule has 2 aliphatic heterocycles. The van der Waals surface area contributed by atoms with Gasteiger partial charge in [-0.1, -0.05) is 12.1 Å². The molecule has 0 aliphatic carbocycles. The molecule has 2 aliphatic rings. The molecular formula is C16H25N3O8S. The molecule has 2 heterocycles. The van der Waals surface area contributed by atoms with Crippen LogP contribution in [0.2, 0.25) is 0 Å². The van der Waals surface area contributed by atoms with Crippen LogP contribution in [0.15, 0.2) is 24.3 Å². The summed E-state index contributed by atoms with van der Waals surface area (Å²) in [6.45, 7) is 3.53. The Morgan fingerprint density at radius 2 is 1.75 bits per heavy atom. The van der Waals surface area contributed by atoms with E-state index in [1.54, 1.807) is 13.8 Å². The fourth-order valence-electron chi connectivity index (χ4n) is 3.22. The van der Waals surface area contributed by atoms with Crippen LogP contribution in [-0.4, -0.2) is 71.5 Å². The first-order chi connectivity index (χ1) is 11.6. The molecule has 28 heavy (non-hydrogen) atoms. The molecule has 0 aromatic heterocycles. The number of phenolic OH excluding ortho intramolecular Hbond substituents is 1. The number of rotatable bonds is 4. The summed E-state index contributed by atoms with van der Waals surface area (Å²) in [7, 11) is 0. The molecular weight excluding hydrogens is 394 g/mol. The lowest BCUT2D eigenvalue weighted by Crippen LogP contribution is -2.71. The summed E-state index contributed by atoms with van der Waals surface area (Å²) < 4.78 is -0.648. The predicted octanol–water partition coefficient (Wildman–Crippen LogP) is -2.45. The number of carbonyl (C=O) groups is 3. The number of carbonyl (C=O) groups excluding carboxylic acids is 2. The van der Waals surface area contributed by atoms with Crippen LogP contribution in [0.1, 0.15) is 25.5 Å². The summed E-state index contributed by atoms with van der Waals surface area (Å²) in [5.74, 6) is -1.94. The van der Waals surface area contributed by atoms with Gasteiger partial charge in [0.2, 0.25) is 11.8 Å². The number of hydrogen-bond donors (Lipinski definition) is 4. The van der Waals surface area contributed by atoms with E-state index in [1.807, 2.05) is 0 Å². The van der Waals surface area contributed by atoms with Crippen molar-refractivity contribution in [1.82, 2.24) is 10.2 Å². The summed E-state index contributed by atoms with van der Waals surface area (Å²) in [6.07, 6.45) is 0. The van der Waals surface area contributed by atoms with Crippen LogP contribution in [-0.2, 0) is 14.4 Å². The van der Waals surface area contributed by atoms with E-state index in [2.05, 4.69) is 5.32 Å². The number of fused-ring (bicyclic) bond motifs is 1. The van der Waals surface area contributed by atoms with E-state index in [0.29, 0.717) is 5.56 Å². The fourth-order valence-corrected chi connectivity index (χ4v) is 4.85. The quantitative estimate of drug-likeness (QED) is 0.384. The monoisotopic (exact) mass is 419 g/mol. The van der Waals surface area contributed by atoms with Gasteiger partial charge in [0.1, 0.15) is 29.2 Å². The summed E-state index contributed by atoms with van der Waals surface area (Å²) >= 11 is 1.35. The van der Waals surface area contributed by atoms with E-state index in [4.69, 9.17) is 5.73 Å². The molecule has 0 saturated carbocycles. The molecule has 0 spiro atoms. The molecule has 2 unspecified atom stereocenters. The number of hydrogen-bond acceptors (Lipinski definition) is 6. The zero-order chi connectivity index (χ0) is 18.5. The summed E-state index contributed by atoms with van der Waals surface area (Å²) in [4.78, 5) is 37.5. The number of carboxylic acid groups (broad SMARTS) is 1. The molecule has 1 aromatic rings. The van der Waals surface area contributed by atoms with Gasteiger partial charge in [0.15, 0.2) is 0 Å². The number of aliphatic carboxylic acids is 1. The van der Waals surface area contributed by atoms with E-state index >= 15 is 0 Å². The molecule has 4 atom stereocenters. The Morgan fingerprint density at radius 3 is 2.25 bits per heavy atom. The minimum absolute atomic E-state index is 0. The number of benzene rings is 1. The van der Waals surface area contributed by atoms with Crippen LogP contribution in [0.3, 0.4) is 0 Å². The van der Waals surface area contributed by atoms with Crippen LogP contribution in [0.5, 0.6) is 5.75 Å². The summed E-state index contributed by atoms with van der Waals surface area (Å²) in [5.41, 5.74) is 6.41. The van der Waals surface area contributed by atoms with Gasteiger partial charge >= 0.3 is 5.97 Å². The van der Waals surface area contributed by atoms with Crippen LogP contribution < -0.4 is 11.1 Å². The third-order valence-corrected chi connectivity index (χ3v) is 6.08. The third kappa shape index (κ3) is 4.05. The first kappa shape index (κ1) is 25.6. The predicted molar refractivity (Wildman–Crippen MR) is 102 cm³/mol. The molecule has 11 N–H and O–H groups in total. The number of nitrogens with zero attached hydrogens (tertiary/aromatic N) is 1. The number of nitrogens with two attached hydrogens (primary N) is 1. The molecule has 2 saturated heterocycles. The second kappa shape index (κ2) is 8.75. The number of nitrogens with one attached hydrogen (secondary N) is 1. The van der Waals surface area contributed by atoms with Crippen LogP contribution in [0, 0.1) is 0 Å². The zero-order valence-electron chi connectivity index (χ0n) is 15.2. The van der Waals surface area contributed by atoms with Gasteiger partial charge in [-0.3, -0.25) is 9.59 Å². The standard InChI is InChI=1S/C16H19N3O5S.3H2O/c1-16(2)11(15(23)24)19-13(22)10(14(19)25-16)18-12(21)9(17)7-3-5-8(20)6-4-7;;;/h3-6,9-11,14,20H,17H2,1-2H3,(H,18,21)(H,23,24);3*1H2/t9?,10?,11-,14+;;;/m0.../s1. The highest BCUT2D eigenvalue weighted by molar-refractivity contribution is 8.01. The average Bonchev–Trinajstić information content (AvgIpc) is 2.80. The van der Waals surface area contributed by atoms with Gasteiger partial charge in [-0.25, -0.2) is 4.79 Å². The van der Waals surface area contributed by atoms with E-state index in [0.717, 1.165) is 0 Å². The molecule has 12 heteroatoms. The van der Waals surface area contributed by atoms with Gasteiger partial charge in [-0.2, -0.15) is 0 Å². The number of amides is 2. The number of carboxylic acids is 1. The van der Waals surface area contributed by atoms with Crippen LogP contribution >= 0.6 is 11.8 Å². The van der Waals surface area contributed by atoms with Crippen molar-refractivity contribution in [2.45, 2.75) is 42.1 Å². The van der Waals surface area contributed by atoms with E-state index in [1.165, 1.54) is 40.9 Å². The highest BCUT2D eigenvalue weighted by Gasteiger charge is 2.64. The van der Waals surface area contributed by atoms with Crippen molar-refractivity contribution in [1.29, 1.82) is 0 Å². The Labute approximate surface area is 164 Å². The minimum atomic E-state index is -1.06. The molecule has 2 amide bonds. The second-order valence-corrected chi connectivity index (χ2v) is 8.42. The van der Waals surface area contributed by atoms with Crippen molar-refractivity contribution in [2.75, 3.05) is 0 Å². The van der Waals surface area contributed by atoms with Crippen molar-refractivity contribution in [2.24, 2.45) is 5.73 Å². The van der Waals surface area contributed by atoms with Gasteiger partial charge in [0.25, 0.3) is 0 Å². The highest BCUT2D eigenvalue weighted by atomic mass is 32.2. The third-order valence-electron chi connectivity index (χ3n) is 4.51. The van der Waals surface area contributed by atoms with E-state index < -0.39 is 46.0 Å². The van der Waals surface area contributed by atoms with E-state index in [9.17, 15) is 24.6 Å². The maximum atomic E-state index is 12.3. The number of β-lactam (4-membered cyclic amide) rings is 1. The average molecular weight is 419 g/mol. The highest BCUT2D eigenvalue weighted by Crippen LogP contribution is 2.50. The smallest absolute Gasteiger partial charge is 0.327 e. The summed E-state index contributed by atoms with van der Waals surface area (Å²) in [5, 5.41) is 20.9. The van der Waals surface area contributed by atoms with Crippen molar-refractivity contribution >= 4 is 29.5 Å². The molecule has 3 rings (SSSR count). The largest absolute Gasteiger partial charge is 0.508 e. The normalized spacial score (nSPS) is 25.0. The van der Waals surface area contributed by atoms with Gasteiger partial charge in [0.05, 0.1) is 0 Å². The summed E-state index contributed by atoms with van der Waals surface area (Å²) in [6, 6.07) is 3.21. The minimum Gasteiger partial charge on any atom is -0.508 e. The Hall–Kier alpha value is -2.38. The number of phenols is 1. The zero-order valence-corrected chi connectivity index (χ0v) is 16.0. The van der Waals surface area contributed by atoms with Crippen molar-refractivity contribution in [3.8, 4) is 5.75 Å². The van der Waals surface area contributed by atoms with Gasteiger partial charge in [-0.15, -0.1) is 11.8 Å². The molecule has 1 aromatic carbocycles. The van der Waals surface area contributed by atoms with Crippen LogP contribution in [0.25, 0.3) is 0 Å². The Kier molecular flexibility index (Phi) is 8.01. The van der Waals surface area contributed by atoms with Crippen molar-refractivity contribution < 1.29 is 41.0 Å². The molecule has 0 radical (unpaired) electrons. The lowest BCUT2D eigenvalue weighted by Gasteiger charge is -2.43. The van der Waals surface area contributed by atoms with Gasteiger partial charge in [0, 0.05) is 4.75 Å². The lowest BCUT2D eigenvalue weighted by atomic mass is 9.95. The SMILES string of the molecule is CC1(C)S[C@@H]2C(NC(=O)C(N)c3ccc(O)cc3)C(=O)N2[C@H]1C(=O)O.O.O.O. The number of thioether (sulfide) groups is 1. The molecule has 158 valence electrons. The van der Waals surface area contributed by atoms with Crippen molar-refractivity contribution in [3.05, 3.63) is 29.8 Å². The Bertz CT molecular complexity index is 742. The first-order valence-corrected chi connectivity index (χ1v) is 8.59. The maximum Gasteiger partial charge on any atom is 0.327 e. The second-order valence-electron chi connectivity index (χ2n) is 6.65. The van der Waals surface area contributed by atoms with Crippen molar-refractivity contribution in [3.63, 3.8) is 0 Å². The van der Waals surface area contributed by atoms with Gasteiger partial charge in [-0.05, 0) is 31.5 Å². The maximum absolute atomic E-state index is 12.3.